The SMILES string of the molecule is CC(C)(C)[C@H](c1nc(-c2nccs2)cn1Cc1ccccc1)N(C[C@H](F)CN)C(=O)[C@@H]1CCCO1. The third kappa shape index (κ3) is 5.97. The molecule has 0 unspecified atom stereocenters. The number of nitrogens with two attached hydrogens (primary N) is 1. The minimum absolute atomic E-state index is 0.109. The lowest BCUT2D eigenvalue weighted by molar-refractivity contribution is -0.147. The zero-order valence-electron chi connectivity index (χ0n) is 20.6. The first-order valence-electron chi connectivity index (χ1n) is 12.0. The van der Waals surface area contributed by atoms with Crippen LogP contribution in [0.1, 0.15) is 51.0 Å². The lowest BCUT2D eigenvalue weighted by Crippen LogP contribution is -2.49. The minimum atomic E-state index is -1.35. The van der Waals surface area contributed by atoms with Gasteiger partial charge < -0.3 is 19.9 Å². The van der Waals surface area contributed by atoms with Gasteiger partial charge in [-0.2, -0.15) is 0 Å². The van der Waals surface area contributed by atoms with Gasteiger partial charge in [0, 0.05) is 37.5 Å². The topological polar surface area (TPSA) is 86.3 Å². The molecular weight excluding hydrogens is 465 g/mol. The Balaban J connectivity index is 1.82. The lowest BCUT2D eigenvalue weighted by Gasteiger charge is -2.41. The molecule has 7 nitrogen and oxygen atoms in total. The monoisotopic (exact) mass is 499 g/mol. The van der Waals surface area contributed by atoms with Gasteiger partial charge in [0.1, 0.15) is 28.8 Å². The maximum atomic E-state index is 14.8. The largest absolute Gasteiger partial charge is 0.368 e. The number of carbonyl (C=O) groups is 1. The van der Waals surface area contributed by atoms with Crippen molar-refractivity contribution in [2.45, 2.75) is 58.5 Å². The summed E-state index contributed by atoms with van der Waals surface area (Å²) in [6, 6.07) is 9.59. The van der Waals surface area contributed by atoms with Crippen molar-refractivity contribution in [1.82, 2.24) is 19.4 Å². The van der Waals surface area contributed by atoms with E-state index in [1.54, 1.807) is 11.1 Å². The molecule has 0 radical (unpaired) electrons. The van der Waals surface area contributed by atoms with E-state index < -0.39 is 23.7 Å². The number of ether oxygens (including phenoxy) is 1. The molecule has 3 aromatic rings. The summed E-state index contributed by atoms with van der Waals surface area (Å²) >= 11 is 1.51. The van der Waals surface area contributed by atoms with Crippen molar-refractivity contribution in [1.29, 1.82) is 0 Å². The molecule has 1 aliphatic rings. The van der Waals surface area contributed by atoms with Crippen LogP contribution in [0.5, 0.6) is 0 Å². The quantitative estimate of drug-likeness (QED) is 0.470. The van der Waals surface area contributed by atoms with E-state index in [-0.39, 0.29) is 19.0 Å². The van der Waals surface area contributed by atoms with Crippen LogP contribution < -0.4 is 5.73 Å². The number of carbonyl (C=O) groups excluding carboxylic acids is 1. The summed E-state index contributed by atoms with van der Waals surface area (Å²) in [4.78, 5) is 24.8. The van der Waals surface area contributed by atoms with E-state index in [1.807, 2.05) is 50.5 Å². The van der Waals surface area contributed by atoms with E-state index in [9.17, 15) is 9.18 Å². The van der Waals surface area contributed by atoms with Crippen molar-refractivity contribution in [3.63, 3.8) is 0 Å². The molecule has 1 fully saturated rings. The van der Waals surface area contributed by atoms with E-state index in [1.165, 1.54) is 11.3 Å². The first kappa shape index (κ1) is 25.5. The van der Waals surface area contributed by atoms with Crippen LogP contribution in [0, 0.1) is 5.41 Å². The Hall–Kier alpha value is -2.62. The number of imidazole rings is 1. The molecule has 3 atom stereocenters. The summed E-state index contributed by atoms with van der Waals surface area (Å²) < 4.78 is 22.6. The smallest absolute Gasteiger partial charge is 0.252 e. The van der Waals surface area contributed by atoms with E-state index >= 15 is 0 Å². The van der Waals surface area contributed by atoms with Gasteiger partial charge in [-0.05, 0) is 23.8 Å². The number of benzene rings is 1. The number of rotatable bonds is 9. The van der Waals surface area contributed by atoms with Crippen LogP contribution in [0.4, 0.5) is 4.39 Å². The highest BCUT2D eigenvalue weighted by molar-refractivity contribution is 7.13. The van der Waals surface area contributed by atoms with Gasteiger partial charge in [-0.15, -0.1) is 11.3 Å². The average molecular weight is 500 g/mol. The van der Waals surface area contributed by atoms with Crippen LogP contribution in [0.15, 0.2) is 48.1 Å². The number of hydrogen-bond acceptors (Lipinski definition) is 6. The Kier molecular flexibility index (Phi) is 7.98. The van der Waals surface area contributed by atoms with E-state index in [0.717, 1.165) is 22.7 Å². The number of hydrogen-bond donors (Lipinski definition) is 1. The summed E-state index contributed by atoms with van der Waals surface area (Å²) in [6.45, 7) is 6.99. The number of nitrogens with zero attached hydrogens (tertiary/aromatic N) is 4. The van der Waals surface area contributed by atoms with Crippen molar-refractivity contribution < 1.29 is 13.9 Å². The van der Waals surface area contributed by atoms with Crippen molar-refractivity contribution >= 4 is 17.2 Å². The van der Waals surface area contributed by atoms with Gasteiger partial charge in [-0.25, -0.2) is 14.4 Å². The van der Waals surface area contributed by atoms with Gasteiger partial charge in [0.2, 0.25) is 0 Å². The van der Waals surface area contributed by atoms with Crippen LogP contribution >= 0.6 is 11.3 Å². The highest BCUT2D eigenvalue weighted by Crippen LogP contribution is 2.40. The molecular formula is C26H34FN5O2S. The summed E-state index contributed by atoms with van der Waals surface area (Å²) in [5.41, 5.74) is 7.05. The van der Waals surface area contributed by atoms with Gasteiger partial charge in [0.05, 0.1) is 12.6 Å². The van der Waals surface area contributed by atoms with Gasteiger partial charge >= 0.3 is 0 Å². The fourth-order valence-corrected chi connectivity index (χ4v) is 5.16. The van der Waals surface area contributed by atoms with Gasteiger partial charge in [0.15, 0.2) is 0 Å². The van der Waals surface area contributed by atoms with Crippen LogP contribution in [-0.4, -0.2) is 57.3 Å². The third-order valence-electron chi connectivity index (χ3n) is 6.17. The van der Waals surface area contributed by atoms with Crippen LogP contribution in [0.25, 0.3) is 10.7 Å². The van der Waals surface area contributed by atoms with Gasteiger partial charge in [0.25, 0.3) is 5.91 Å². The Bertz CT molecular complexity index is 1090. The maximum Gasteiger partial charge on any atom is 0.252 e. The van der Waals surface area contributed by atoms with Crippen LogP contribution in [-0.2, 0) is 16.1 Å². The van der Waals surface area contributed by atoms with Crippen molar-refractivity contribution in [2.24, 2.45) is 11.1 Å². The molecule has 1 aromatic carbocycles. The molecule has 2 N–H and O–H groups in total. The molecule has 0 spiro atoms. The molecule has 4 rings (SSSR count). The normalized spacial score (nSPS) is 17.9. The molecule has 1 aliphatic heterocycles. The third-order valence-corrected chi connectivity index (χ3v) is 6.97. The molecule has 9 heteroatoms. The number of alkyl halides is 1. The first-order chi connectivity index (χ1) is 16.8. The van der Waals surface area contributed by atoms with Gasteiger partial charge in [-0.1, -0.05) is 51.1 Å². The van der Waals surface area contributed by atoms with E-state index in [2.05, 4.69) is 21.7 Å². The zero-order chi connectivity index (χ0) is 25.0. The van der Waals surface area contributed by atoms with Crippen LogP contribution in [0.3, 0.4) is 0 Å². The average Bonchev–Trinajstić information content (AvgIpc) is 3.60. The number of halogens is 1. The predicted molar refractivity (Wildman–Crippen MR) is 136 cm³/mol. The van der Waals surface area contributed by atoms with Crippen molar-refractivity contribution in [2.75, 3.05) is 19.7 Å². The number of amides is 1. The second kappa shape index (κ2) is 11.0. The lowest BCUT2D eigenvalue weighted by atomic mass is 9.84. The Morgan fingerprint density at radius 2 is 2.11 bits per heavy atom. The second-order valence-corrected chi connectivity index (χ2v) is 10.9. The molecule has 0 bridgehead atoms. The zero-order valence-corrected chi connectivity index (χ0v) is 21.4. The molecule has 2 aromatic heterocycles. The molecule has 35 heavy (non-hydrogen) atoms. The summed E-state index contributed by atoms with van der Waals surface area (Å²) in [7, 11) is 0. The fourth-order valence-electron chi connectivity index (χ4n) is 4.57. The standard InChI is InChI=1S/C26H34FN5O2S/c1-26(2,3)22(32(16-19(27)14-28)25(33)21-10-7-12-34-21)23-30-20(24-29-11-13-35-24)17-31(23)15-18-8-5-4-6-9-18/h4-6,8-9,11,13,17,19,21-22H,7,10,12,14-16,28H2,1-3H3/t19-,21+,22+/m1/s1. The molecule has 0 aliphatic carbocycles. The first-order valence-corrected chi connectivity index (χ1v) is 12.9. The molecule has 3 heterocycles. The molecule has 1 saturated heterocycles. The molecule has 0 saturated carbocycles. The Morgan fingerprint density at radius 3 is 2.71 bits per heavy atom. The van der Waals surface area contributed by atoms with Crippen molar-refractivity contribution in [3.05, 3.63) is 59.5 Å². The number of thiazole rings is 1. The van der Waals surface area contributed by atoms with E-state index in [4.69, 9.17) is 15.5 Å². The summed E-state index contributed by atoms with van der Waals surface area (Å²) in [5.74, 6) is 0.491. The highest BCUT2D eigenvalue weighted by atomic mass is 32.1. The Morgan fingerprint density at radius 1 is 1.34 bits per heavy atom. The van der Waals surface area contributed by atoms with Crippen LogP contribution in [0.2, 0.25) is 0 Å². The van der Waals surface area contributed by atoms with Crippen molar-refractivity contribution in [3.8, 4) is 10.7 Å². The Labute approximate surface area is 210 Å². The van der Waals surface area contributed by atoms with Gasteiger partial charge in [-0.3, -0.25) is 4.79 Å². The predicted octanol–water partition coefficient (Wildman–Crippen LogP) is 4.45. The summed E-state index contributed by atoms with van der Waals surface area (Å²) in [6.07, 6.45) is 3.26. The number of aromatic nitrogens is 3. The maximum absolute atomic E-state index is 14.8. The highest BCUT2D eigenvalue weighted by Gasteiger charge is 2.42. The minimum Gasteiger partial charge on any atom is -0.368 e. The molecule has 1 amide bonds. The second-order valence-electron chi connectivity index (χ2n) is 10.0. The fraction of sp³-hybridized carbons (Fsp3) is 0.500. The van der Waals surface area contributed by atoms with E-state index in [0.29, 0.717) is 25.4 Å². The summed E-state index contributed by atoms with van der Waals surface area (Å²) in [5, 5.41) is 2.71. The molecule has 188 valence electrons.